The van der Waals surface area contributed by atoms with Crippen molar-refractivity contribution in [2.75, 3.05) is 20.2 Å². The van der Waals surface area contributed by atoms with Gasteiger partial charge >= 0.3 is 5.97 Å². The summed E-state index contributed by atoms with van der Waals surface area (Å²) in [5, 5.41) is 10.5. The summed E-state index contributed by atoms with van der Waals surface area (Å²) >= 11 is 0. The van der Waals surface area contributed by atoms with Crippen LogP contribution in [0.5, 0.6) is 11.5 Å². The number of methoxy groups -OCH3 is 1. The van der Waals surface area contributed by atoms with Gasteiger partial charge in [0, 0.05) is 13.1 Å². The maximum atomic E-state index is 12.9. The summed E-state index contributed by atoms with van der Waals surface area (Å²) in [5.41, 5.74) is 2.28. The van der Waals surface area contributed by atoms with Crippen LogP contribution in [0.4, 0.5) is 0 Å². The van der Waals surface area contributed by atoms with Gasteiger partial charge in [0.15, 0.2) is 5.76 Å². The summed E-state index contributed by atoms with van der Waals surface area (Å²) in [4.78, 5) is 26.7. The zero-order chi connectivity index (χ0) is 21.3. The lowest BCUT2D eigenvalue weighted by atomic mass is 9.99. The number of carbonyl (C=O) groups is 2. The number of hydrogen-bond acceptors (Lipinski definition) is 6. The number of aromatic hydroxyl groups is 1. The first kappa shape index (κ1) is 20.2. The van der Waals surface area contributed by atoms with Gasteiger partial charge in [-0.05, 0) is 61.2 Å². The van der Waals surface area contributed by atoms with Gasteiger partial charge in [0.05, 0.1) is 23.8 Å². The van der Waals surface area contributed by atoms with E-state index in [2.05, 4.69) is 11.8 Å². The van der Waals surface area contributed by atoms with Gasteiger partial charge < -0.3 is 14.6 Å². The highest BCUT2D eigenvalue weighted by Crippen LogP contribution is 2.40. The molecule has 6 heteroatoms. The Balaban J connectivity index is 1.59. The molecule has 0 aliphatic carbocycles. The fourth-order valence-electron chi connectivity index (χ4n) is 4.09. The number of Topliss-reactive ketones (excluding diaryl/α,β-unsaturated/α-hetero) is 1. The Kier molecular flexibility index (Phi) is 5.59. The first-order valence-corrected chi connectivity index (χ1v) is 10.2. The molecule has 2 aromatic carbocycles. The molecule has 0 bridgehead atoms. The van der Waals surface area contributed by atoms with Crippen molar-refractivity contribution in [3.05, 3.63) is 64.4 Å². The predicted molar refractivity (Wildman–Crippen MR) is 112 cm³/mol. The number of hydrogen-bond donors (Lipinski definition) is 1. The van der Waals surface area contributed by atoms with Gasteiger partial charge in [-0.3, -0.25) is 9.69 Å². The van der Waals surface area contributed by atoms with Gasteiger partial charge in [0.2, 0.25) is 5.78 Å². The van der Waals surface area contributed by atoms with Crippen LogP contribution in [-0.2, 0) is 11.3 Å². The lowest BCUT2D eigenvalue weighted by Crippen LogP contribution is -2.33. The quantitative estimate of drug-likeness (QED) is 0.609. The molecule has 0 amide bonds. The minimum Gasteiger partial charge on any atom is -0.507 e. The molecule has 0 saturated carbocycles. The second-order valence-electron chi connectivity index (χ2n) is 7.98. The molecular formula is C24H25NO5. The topological polar surface area (TPSA) is 76.1 Å². The molecule has 1 fully saturated rings. The zero-order valence-corrected chi connectivity index (χ0v) is 17.2. The van der Waals surface area contributed by atoms with Gasteiger partial charge in [0.1, 0.15) is 11.5 Å². The average Bonchev–Trinajstić information content (AvgIpc) is 3.06. The smallest absolute Gasteiger partial charge is 0.337 e. The molecule has 0 radical (unpaired) electrons. The standard InChI is InChI=1S/C24H25NO5/c1-15-4-3-11-25(13-15)14-19-20(26)10-9-18-22(27)21(30-23(18)19)12-16-5-7-17(8-6-16)24(28)29-2/h5-10,12,15,26H,3-4,11,13-14H2,1-2H3/b21-12-/t15-/m0/s1. The van der Waals surface area contributed by atoms with Crippen LogP contribution in [0, 0.1) is 5.92 Å². The first-order chi connectivity index (χ1) is 14.5. The zero-order valence-electron chi connectivity index (χ0n) is 17.2. The van der Waals surface area contributed by atoms with Gasteiger partial charge in [-0.25, -0.2) is 4.79 Å². The number of nitrogens with zero attached hydrogens (tertiary/aromatic N) is 1. The van der Waals surface area contributed by atoms with Crippen molar-refractivity contribution in [3.63, 3.8) is 0 Å². The molecule has 0 unspecified atom stereocenters. The number of phenols is 1. The number of piperidine rings is 1. The summed E-state index contributed by atoms with van der Waals surface area (Å²) in [6.07, 6.45) is 3.99. The minimum absolute atomic E-state index is 0.142. The van der Waals surface area contributed by atoms with E-state index in [4.69, 9.17) is 9.47 Å². The lowest BCUT2D eigenvalue weighted by molar-refractivity contribution is 0.0600. The largest absolute Gasteiger partial charge is 0.507 e. The second-order valence-corrected chi connectivity index (χ2v) is 7.98. The Labute approximate surface area is 175 Å². The number of ether oxygens (including phenoxy) is 2. The predicted octanol–water partition coefficient (Wildman–Crippen LogP) is 4.03. The number of allylic oxidation sites excluding steroid dienone is 1. The van der Waals surface area contributed by atoms with Crippen LogP contribution < -0.4 is 4.74 Å². The highest BCUT2D eigenvalue weighted by atomic mass is 16.5. The minimum atomic E-state index is -0.415. The van der Waals surface area contributed by atoms with E-state index in [9.17, 15) is 14.7 Å². The Hall–Kier alpha value is -3.12. The molecule has 2 aliphatic heterocycles. The summed E-state index contributed by atoms with van der Waals surface area (Å²) in [6, 6.07) is 9.91. The van der Waals surface area contributed by atoms with Crippen LogP contribution in [-0.4, -0.2) is 42.0 Å². The molecule has 2 aliphatic rings. The van der Waals surface area contributed by atoms with Crippen LogP contribution in [0.1, 0.15) is 51.6 Å². The van der Waals surface area contributed by atoms with Gasteiger partial charge in [-0.2, -0.15) is 0 Å². The monoisotopic (exact) mass is 407 g/mol. The molecule has 1 atom stereocenters. The average molecular weight is 407 g/mol. The highest BCUT2D eigenvalue weighted by molar-refractivity contribution is 6.15. The number of carbonyl (C=O) groups excluding carboxylic acids is 2. The van der Waals surface area contributed by atoms with E-state index in [1.165, 1.54) is 13.5 Å². The lowest BCUT2D eigenvalue weighted by Gasteiger charge is -2.31. The number of esters is 1. The van der Waals surface area contributed by atoms with Crippen LogP contribution in [0.25, 0.3) is 6.08 Å². The number of benzene rings is 2. The molecule has 0 spiro atoms. The Morgan fingerprint density at radius 3 is 2.73 bits per heavy atom. The second kappa shape index (κ2) is 8.32. The molecule has 0 aromatic heterocycles. The van der Waals surface area contributed by atoms with E-state index in [-0.39, 0.29) is 17.3 Å². The summed E-state index contributed by atoms with van der Waals surface area (Å²) in [5.74, 6) is 0.773. The van der Waals surface area contributed by atoms with Crippen LogP contribution in [0.3, 0.4) is 0 Å². The first-order valence-electron chi connectivity index (χ1n) is 10.2. The van der Waals surface area contributed by atoms with E-state index >= 15 is 0 Å². The normalized spacial score (nSPS) is 20.1. The van der Waals surface area contributed by atoms with E-state index in [0.29, 0.717) is 34.9 Å². The molecule has 4 rings (SSSR count). The number of likely N-dealkylation sites (tertiary alicyclic amines) is 1. The molecule has 2 heterocycles. The summed E-state index contributed by atoms with van der Waals surface area (Å²) in [6.45, 7) is 4.71. The SMILES string of the molecule is COC(=O)c1ccc(/C=C2\Oc3c(ccc(O)c3CN3CCC[C@H](C)C3)C2=O)cc1. The van der Waals surface area contributed by atoms with Crippen LogP contribution in [0.15, 0.2) is 42.2 Å². The Morgan fingerprint density at radius 1 is 1.27 bits per heavy atom. The van der Waals surface area contributed by atoms with Crippen molar-refractivity contribution in [3.8, 4) is 11.5 Å². The van der Waals surface area contributed by atoms with Crippen LogP contribution >= 0.6 is 0 Å². The fourth-order valence-corrected chi connectivity index (χ4v) is 4.09. The Bertz CT molecular complexity index is 1010. The van der Waals surface area contributed by atoms with Gasteiger partial charge in [-0.1, -0.05) is 19.1 Å². The molecule has 1 saturated heterocycles. The van der Waals surface area contributed by atoms with Crippen molar-refractivity contribution in [2.45, 2.75) is 26.3 Å². The van der Waals surface area contributed by atoms with E-state index in [1.807, 2.05) is 0 Å². The number of phenolic OH excluding ortho intramolecular Hbond substituents is 1. The number of ketones is 1. The molecule has 2 aromatic rings. The summed E-state index contributed by atoms with van der Waals surface area (Å²) in [7, 11) is 1.33. The van der Waals surface area contributed by atoms with Crippen molar-refractivity contribution in [1.29, 1.82) is 0 Å². The van der Waals surface area contributed by atoms with Crippen molar-refractivity contribution >= 4 is 17.8 Å². The third-order valence-electron chi connectivity index (χ3n) is 5.67. The third kappa shape index (κ3) is 3.96. The highest BCUT2D eigenvalue weighted by Gasteiger charge is 2.32. The van der Waals surface area contributed by atoms with E-state index < -0.39 is 5.97 Å². The number of fused-ring (bicyclic) bond motifs is 1. The van der Waals surface area contributed by atoms with E-state index in [1.54, 1.807) is 42.5 Å². The van der Waals surface area contributed by atoms with Crippen LogP contribution in [0.2, 0.25) is 0 Å². The van der Waals surface area contributed by atoms with Crippen molar-refractivity contribution in [1.82, 2.24) is 4.90 Å². The van der Waals surface area contributed by atoms with Gasteiger partial charge in [-0.15, -0.1) is 0 Å². The number of rotatable bonds is 4. The molecular weight excluding hydrogens is 382 g/mol. The van der Waals surface area contributed by atoms with Crippen molar-refractivity contribution in [2.24, 2.45) is 5.92 Å². The molecule has 1 N–H and O–H groups in total. The molecule has 6 nitrogen and oxygen atoms in total. The third-order valence-corrected chi connectivity index (χ3v) is 5.67. The Morgan fingerprint density at radius 2 is 2.03 bits per heavy atom. The maximum Gasteiger partial charge on any atom is 0.337 e. The van der Waals surface area contributed by atoms with Gasteiger partial charge in [0.25, 0.3) is 0 Å². The summed E-state index contributed by atoms with van der Waals surface area (Å²) < 4.78 is 10.6. The maximum absolute atomic E-state index is 12.9. The van der Waals surface area contributed by atoms with E-state index in [0.717, 1.165) is 25.1 Å². The molecule has 30 heavy (non-hydrogen) atoms. The molecule has 156 valence electrons. The fraction of sp³-hybridized carbons (Fsp3) is 0.333. The van der Waals surface area contributed by atoms with Crippen molar-refractivity contribution < 1.29 is 24.2 Å².